The van der Waals surface area contributed by atoms with E-state index >= 15 is 0 Å². The zero-order valence-corrected chi connectivity index (χ0v) is 13.6. The average molecular weight is 308 g/mol. The van der Waals surface area contributed by atoms with Crippen LogP contribution in [-0.4, -0.2) is 19.7 Å². The second-order valence-corrected chi connectivity index (χ2v) is 5.11. The van der Waals surface area contributed by atoms with Gasteiger partial charge < -0.3 is 15.4 Å². The van der Waals surface area contributed by atoms with Crippen molar-refractivity contribution < 1.29 is 9.53 Å². The van der Waals surface area contributed by atoms with E-state index in [0.717, 1.165) is 22.6 Å². The van der Waals surface area contributed by atoms with E-state index in [2.05, 4.69) is 22.5 Å². The average Bonchev–Trinajstić information content (AvgIpc) is 2.55. The Morgan fingerprint density at radius 2 is 1.91 bits per heavy atom. The molecular formula is C19H20N2O2. The number of urea groups is 1. The number of carbonyl (C=O) groups excluding carboxylic acids is 1. The minimum absolute atomic E-state index is 0.259. The molecule has 0 saturated heterocycles. The van der Waals surface area contributed by atoms with Gasteiger partial charge in [0.25, 0.3) is 0 Å². The van der Waals surface area contributed by atoms with Crippen molar-refractivity contribution in [3.05, 3.63) is 59.2 Å². The van der Waals surface area contributed by atoms with E-state index in [1.54, 1.807) is 7.11 Å². The number of hydrogen-bond acceptors (Lipinski definition) is 2. The zero-order chi connectivity index (χ0) is 16.7. The number of ether oxygens (including phenoxy) is 1. The van der Waals surface area contributed by atoms with Crippen molar-refractivity contribution in [2.75, 3.05) is 19.0 Å². The molecular weight excluding hydrogens is 288 g/mol. The SMILES string of the molecule is COc1ccccc1C#CCNC(=O)Nc1ccc(C)c(C)c1. The molecule has 118 valence electrons. The van der Waals surface area contributed by atoms with Crippen LogP contribution < -0.4 is 15.4 Å². The molecule has 0 atom stereocenters. The van der Waals surface area contributed by atoms with Crippen LogP contribution in [0.3, 0.4) is 0 Å². The highest BCUT2D eigenvalue weighted by atomic mass is 16.5. The minimum atomic E-state index is -0.275. The van der Waals surface area contributed by atoms with Crippen molar-refractivity contribution in [1.82, 2.24) is 5.32 Å². The second-order valence-electron chi connectivity index (χ2n) is 5.11. The van der Waals surface area contributed by atoms with E-state index < -0.39 is 0 Å². The predicted molar refractivity (Wildman–Crippen MR) is 92.8 cm³/mol. The molecule has 0 aromatic heterocycles. The Morgan fingerprint density at radius 1 is 1.13 bits per heavy atom. The maximum atomic E-state index is 11.8. The quantitative estimate of drug-likeness (QED) is 0.853. The van der Waals surface area contributed by atoms with Gasteiger partial charge in [0.05, 0.1) is 19.2 Å². The third-order valence-electron chi connectivity index (χ3n) is 3.43. The van der Waals surface area contributed by atoms with E-state index in [9.17, 15) is 4.79 Å². The lowest BCUT2D eigenvalue weighted by Gasteiger charge is -2.07. The van der Waals surface area contributed by atoms with Crippen molar-refractivity contribution in [2.24, 2.45) is 0 Å². The number of anilines is 1. The lowest BCUT2D eigenvalue weighted by Crippen LogP contribution is -2.28. The van der Waals surface area contributed by atoms with Crippen molar-refractivity contribution in [3.8, 4) is 17.6 Å². The number of aryl methyl sites for hydroxylation is 2. The van der Waals surface area contributed by atoms with Gasteiger partial charge in [-0.2, -0.15) is 0 Å². The van der Waals surface area contributed by atoms with E-state index in [0.29, 0.717) is 0 Å². The molecule has 0 bridgehead atoms. The first-order chi connectivity index (χ1) is 11.1. The Balaban J connectivity index is 1.88. The molecule has 0 aliphatic carbocycles. The standard InChI is InChI=1S/C19H20N2O2/c1-14-10-11-17(13-15(14)2)21-19(22)20-12-6-8-16-7-4-5-9-18(16)23-3/h4-5,7,9-11,13H,12H2,1-3H3,(H2,20,21,22). The van der Waals surface area contributed by atoms with Gasteiger partial charge in [-0.25, -0.2) is 4.79 Å². The highest BCUT2D eigenvalue weighted by molar-refractivity contribution is 5.89. The molecule has 2 aromatic carbocycles. The van der Waals surface area contributed by atoms with Crippen LogP contribution in [0.1, 0.15) is 16.7 Å². The first-order valence-electron chi connectivity index (χ1n) is 7.34. The summed E-state index contributed by atoms with van der Waals surface area (Å²) in [5.74, 6) is 6.62. The van der Waals surface area contributed by atoms with Crippen LogP contribution in [0.15, 0.2) is 42.5 Å². The fraction of sp³-hybridized carbons (Fsp3) is 0.211. The Morgan fingerprint density at radius 3 is 2.65 bits per heavy atom. The fourth-order valence-electron chi connectivity index (χ4n) is 2.01. The summed E-state index contributed by atoms with van der Waals surface area (Å²) in [6.45, 7) is 4.30. The third-order valence-corrected chi connectivity index (χ3v) is 3.43. The second kappa shape index (κ2) is 7.90. The van der Waals surface area contributed by atoms with Gasteiger partial charge in [0.2, 0.25) is 0 Å². The molecule has 0 aliphatic heterocycles. The summed E-state index contributed by atoms with van der Waals surface area (Å²) in [5.41, 5.74) is 3.90. The van der Waals surface area contributed by atoms with E-state index in [4.69, 9.17) is 4.74 Å². The summed E-state index contributed by atoms with van der Waals surface area (Å²) in [5, 5.41) is 5.50. The molecule has 2 rings (SSSR count). The molecule has 0 fully saturated rings. The first kappa shape index (κ1) is 16.4. The van der Waals surface area contributed by atoms with Crippen LogP contribution in [0.4, 0.5) is 10.5 Å². The topological polar surface area (TPSA) is 50.4 Å². The molecule has 0 unspecified atom stereocenters. The van der Waals surface area contributed by atoms with Gasteiger partial charge in [-0.05, 0) is 49.2 Å². The summed E-state index contributed by atoms with van der Waals surface area (Å²) in [4.78, 5) is 11.8. The zero-order valence-electron chi connectivity index (χ0n) is 13.6. The Bertz CT molecular complexity index is 757. The predicted octanol–water partition coefficient (Wildman–Crippen LogP) is 3.49. The number of benzene rings is 2. The smallest absolute Gasteiger partial charge is 0.319 e. The van der Waals surface area contributed by atoms with Crippen LogP contribution in [0.2, 0.25) is 0 Å². The fourth-order valence-corrected chi connectivity index (χ4v) is 2.01. The van der Waals surface area contributed by atoms with Crippen molar-refractivity contribution in [1.29, 1.82) is 0 Å². The molecule has 0 saturated carbocycles. The summed E-state index contributed by atoms with van der Waals surface area (Å²) in [6, 6.07) is 13.0. The van der Waals surface area contributed by atoms with Crippen molar-refractivity contribution in [3.63, 3.8) is 0 Å². The number of rotatable bonds is 3. The highest BCUT2D eigenvalue weighted by Crippen LogP contribution is 2.15. The Kier molecular flexibility index (Phi) is 5.65. The van der Waals surface area contributed by atoms with Crippen LogP contribution in [-0.2, 0) is 0 Å². The van der Waals surface area contributed by atoms with Gasteiger partial charge in [-0.15, -0.1) is 0 Å². The monoisotopic (exact) mass is 308 g/mol. The van der Waals surface area contributed by atoms with Crippen LogP contribution in [0, 0.1) is 25.7 Å². The molecule has 23 heavy (non-hydrogen) atoms. The molecule has 2 N–H and O–H groups in total. The number of methoxy groups -OCH3 is 1. The lowest BCUT2D eigenvalue weighted by molar-refractivity contribution is 0.253. The Hall–Kier alpha value is -2.93. The molecule has 2 amide bonds. The van der Waals surface area contributed by atoms with Crippen LogP contribution in [0.5, 0.6) is 5.75 Å². The van der Waals surface area contributed by atoms with Gasteiger partial charge in [-0.3, -0.25) is 0 Å². The molecule has 0 spiro atoms. The number of nitrogens with one attached hydrogen (secondary N) is 2. The third kappa shape index (κ3) is 4.79. The van der Waals surface area contributed by atoms with Crippen molar-refractivity contribution in [2.45, 2.75) is 13.8 Å². The summed E-state index contributed by atoms with van der Waals surface area (Å²) < 4.78 is 5.22. The van der Waals surface area contributed by atoms with Gasteiger partial charge in [-0.1, -0.05) is 30.0 Å². The van der Waals surface area contributed by atoms with Gasteiger partial charge in [0, 0.05) is 5.69 Å². The molecule has 4 nitrogen and oxygen atoms in total. The first-order valence-corrected chi connectivity index (χ1v) is 7.34. The minimum Gasteiger partial charge on any atom is -0.495 e. The number of para-hydroxylation sites is 1. The van der Waals surface area contributed by atoms with Crippen LogP contribution in [0.25, 0.3) is 0 Å². The number of amides is 2. The maximum Gasteiger partial charge on any atom is 0.319 e. The van der Waals surface area contributed by atoms with Crippen LogP contribution >= 0.6 is 0 Å². The van der Waals surface area contributed by atoms with Gasteiger partial charge >= 0.3 is 6.03 Å². The lowest BCUT2D eigenvalue weighted by atomic mass is 10.1. The summed E-state index contributed by atoms with van der Waals surface area (Å²) in [6.07, 6.45) is 0. The molecule has 0 aliphatic rings. The van der Waals surface area contributed by atoms with E-state index in [1.807, 2.05) is 56.3 Å². The number of hydrogen-bond donors (Lipinski definition) is 2. The summed E-state index contributed by atoms with van der Waals surface area (Å²) in [7, 11) is 1.61. The number of carbonyl (C=O) groups is 1. The van der Waals surface area contributed by atoms with E-state index in [-0.39, 0.29) is 12.6 Å². The normalized spacial score (nSPS) is 9.52. The molecule has 2 aromatic rings. The largest absolute Gasteiger partial charge is 0.495 e. The van der Waals surface area contributed by atoms with E-state index in [1.165, 1.54) is 5.56 Å². The molecule has 0 heterocycles. The highest BCUT2D eigenvalue weighted by Gasteiger charge is 2.01. The van der Waals surface area contributed by atoms with Crippen molar-refractivity contribution >= 4 is 11.7 Å². The summed E-state index contributed by atoms with van der Waals surface area (Å²) >= 11 is 0. The van der Waals surface area contributed by atoms with Gasteiger partial charge in [0.15, 0.2) is 0 Å². The maximum absolute atomic E-state index is 11.8. The molecule has 4 heteroatoms. The molecule has 0 radical (unpaired) electrons. The Labute approximate surface area is 136 Å². The van der Waals surface area contributed by atoms with Gasteiger partial charge in [0.1, 0.15) is 5.75 Å².